The molecule has 1 saturated carbocycles. The fourth-order valence-electron chi connectivity index (χ4n) is 1.90. The Hall–Kier alpha value is -1.49. The Morgan fingerprint density at radius 3 is 2.87 bits per heavy atom. The van der Waals surface area contributed by atoms with Gasteiger partial charge in [-0.1, -0.05) is 13.0 Å². The third kappa shape index (κ3) is 2.30. The average Bonchev–Trinajstić information content (AvgIpc) is 3.10. The lowest BCUT2D eigenvalue weighted by Crippen LogP contribution is -2.26. The number of nitriles is 1. The molecular weight excluding hydrogens is 184 g/mol. The highest BCUT2D eigenvalue weighted by Gasteiger charge is 2.28. The fraction of sp³-hybridized carbons (Fsp3) is 0.462. The summed E-state index contributed by atoms with van der Waals surface area (Å²) in [6, 6.07) is 10.9. The molecule has 0 spiro atoms. The van der Waals surface area contributed by atoms with Gasteiger partial charge in [0.15, 0.2) is 0 Å². The lowest BCUT2D eigenvalue weighted by molar-refractivity contribution is 0.763. The van der Waals surface area contributed by atoms with Crippen LogP contribution in [0, 0.1) is 11.3 Å². The van der Waals surface area contributed by atoms with Crippen molar-refractivity contribution in [2.24, 2.45) is 0 Å². The molecule has 0 N–H and O–H groups in total. The summed E-state index contributed by atoms with van der Waals surface area (Å²) in [5.74, 6) is 0. The van der Waals surface area contributed by atoms with Crippen molar-refractivity contribution >= 4 is 5.69 Å². The summed E-state index contributed by atoms with van der Waals surface area (Å²) >= 11 is 0. The summed E-state index contributed by atoms with van der Waals surface area (Å²) in [6.45, 7) is 3.29. The first-order valence-corrected chi connectivity index (χ1v) is 5.62. The van der Waals surface area contributed by atoms with Gasteiger partial charge >= 0.3 is 0 Å². The molecule has 0 radical (unpaired) electrons. The third-order valence-corrected chi connectivity index (χ3v) is 2.76. The predicted molar refractivity (Wildman–Crippen MR) is 61.8 cm³/mol. The molecule has 0 aliphatic heterocycles. The second-order valence-electron chi connectivity index (χ2n) is 4.09. The van der Waals surface area contributed by atoms with E-state index in [9.17, 15) is 0 Å². The number of rotatable bonds is 4. The van der Waals surface area contributed by atoms with Crippen LogP contribution in [0.3, 0.4) is 0 Å². The second kappa shape index (κ2) is 4.35. The molecule has 78 valence electrons. The molecule has 0 bridgehead atoms. The van der Waals surface area contributed by atoms with E-state index >= 15 is 0 Å². The van der Waals surface area contributed by atoms with E-state index in [4.69, 9.17) is 5.26 Å². The van der Waals surface area contributed by atoms with Gasteiger partial charge in [0.25, 0.3) is 0 Å². The minimum atomic E-state index is 0.721. The molecule has 15 heavy (non-hydrogen) atoms. The molecule has 0 heterocycles. The highest BCUT2D eigenvalue weighted by molar-refractivity contribution is 5.53. The summed E-state index contributed by atoms with van der Waals surface area (Å²) < 4.78 is 0. The fourth-order valence-corrected chi connectivity index (χ4v) is 1.90. The first-order chi connectivity index (χ1) is 7.35. The van der Waals surface area contributed by atoms with Crippen molar-refractivity contribution in [1.82, 2.24) is 0 Å². The number of hydrogen-bond donors (Lipinski definition) is 0. The van der Waals surface area contributed by atoms with E-state index in [0.717, 1.165) is 24.6 Å². The molecule has 1 fully saturated rings. The van der Waals surface area contributed by atoms with Crippen molar-refractivity contribution < 1.29 is 0 Å². The number of hydrogen-bond acceptors (Lipinski definition) is 2. The molecule has 1 aromatic carbocycles. The van der Waals surface area contributed by atoms with Crippen LogP contribution in [0.2, 0.25) is 0 Å². The van der Waals surface area contributed by atoms with E-state index in [2.05, 4.69) is 24.0 Å². The van der Waals surface area contributed by atoms with Crippen molar-refractivity contribution in [3.8, 4) is 6.07 Å². The Morgan fingerprint density at radius 1 is 1.47 bits per heavy atom. The van der Waals surface area contributed by atoms with Gasteiger partial charge in [-0.05, 0) is 37.5 Å². The second-order valence-corrected chi connectivity index (χ2v) is 4.09. The maximum Gasteiger partial charge on any atom is 0.0992 e. The Balaban J connectivity index is 2.21. The zero-order chi connectivity index (χ0) is 10.7. The van der Waals surface area contributed by atoms with Gasteiger partial charge < -0.3 is 4.90 Å². The van der Waals surface area contributed by atoms with Gasteiger partial charge in [0.05, 0.1) is 11.6 Å². The van der Waals surface area contributed by atoms with Crippen LogP contribution in [-0.4, -0.2) is 12.6 Å². The topological polar surface area (TPSA) is 27.0 Å². The number of nitrogens with zero attached hydrogens (tertiary/aromatic N) is 2. The number of anilines is 1. The van der Waals surface area contributed by atoms with E-state index in [1.165, 1.54) is 18.5 Å². The van der Waals surface area contributed by atoms with Crippen LogP contribution in [-0.2, 0) is 0 Å². The summed E-state index contributed by atoms with van der Waals surface area (Å²) in [4.78, 5) is 2.43. The Labute approximate surface area is 91.1 Å². The maximum atomic E-state index is 8.86. The number of benzene rings is 1. The summed E-state index contributed by atoms with van der Waals surface area (Å²) in [5, 5.41) is 8.86. The Kier molecular flexibility index (Phi) is 2.91. The van der Waals surface area contributed by atoms with E-state index in [1.54, 1.807) is 0 Å². The van der Waals surface area contributed by atoms with Gasteiger partial charge in [0.2, 0.25) is 0 Å². The molecule has 0 saturated heterocycles. The van der Waals surface area contributed by atoms with Gasteiger partial charge in [-0.3, -0.25) is 0 Å². The van der Waals surface area contributed by atoms with Crippen LogP contribution < -0.4 is 4.90 Å². The molecule has 1 aliphatic rings. The SMILES string of the molecule is CCCN(c1cccc(C#N)c1)C1CC1. The summed E-state index contributed by atoms with van der Waals surface area (Å²) in [5.41, 5.74) is 1.97. The van der Waals surface area contributed by atoms with Gasteiger partial charge in [0, 0.05) is 18.3 Å². The Bertz CT molecular complexity index is 374. The van der Waals surface area contributed by atoms with Crippen LogP contribution in [0.25, 0.3) is 0 Å². The van der Waals surface area contributed by atoms with E-state index < -0.39 is 0 Å². The average molecular weight is 200 g/mol. The summed E-state index contributed by atoms with van der Waals surface area (Å²) in [7, 11) is 0. The van der Waals surface area contributed by atoms with Crippen molar-refractivity contribution in [1.29, 1.82) is 5.26 Å². The maximum absolute atomic E-state index is 8.86. The molecule has 0 amide bonds. The van der Waals surface area contributed by atoms with Crippen LogP contribution >= 0.6 is 0 Å². The minimum absolute atomic E-state index is 0.721. The van der Waals surface area contributed by atoms with Gasteiger partial charge in [-0.2, -0.15) is 5.26 Å². The smallest absolute Gasteiger partial charge is 0.0992 e. The van der Waals surface area contributed by atoms with E-state index in [-0.39, 0.29) is 0 Å². The molecule has 1 aromatic rings. The molecule has 1 aliphatic carbocycles. The van der Waals surface area contributed by atoms with Crippen molar-refractivity contribution in [2.75, 3.05) is 11.4 Å². The zero-order valence-corrected chi connectivity index (χ0v) is 9.11. The standard InChI is InChI=1S/C13H16N2/c1-2-8-15(12-6-7-12)13-5-3-4-11(9-13)10-14/h3-5,9,12H,2,6-8H2,1H3. The molecular formula is C13H16N2. The minimum Gasteiger partial charge on any atom is -0.369 e. The quantitative estimate of drug-likeness (QED) is 0.747. The monoisotopic (exact) mass is 200 g/mol. The van der Waals surface area contributed by atoms with Gasteiger partial charge in [0.1, 0.15) is 0 Å². The first kappa shape index (κ1) is 10.0. The van der Waals surface area contributed by atoms with Crippen molar-refractivity contribution in [2.45, 2.75) is 32.2 Å². The molecule has 2 rings (SSSR count). The van der Waals surface area contributed by atoms with Crippen LogP contribution in [0.1, 0.15) is 31.7 Å². The molecule has 2 heteroatoms. The lowest BCUT2D eigenvalue weighted by atomic mass is 10.2. The van der Waals surface area contributed by atoms with Crippen LogP contribution in [0.5, 0.6) is 0 Å². The van der Waals surface area contributed by atoms with E-state index in [0.29, 0.717) is 0 Å². The third-order valence-electron chi connectivity index (χ3n) is 2.76. The van der Waals surface area contributed by atoms with Gasteiger partial charge in [-0.25, -0.2) is 0 Å². The zero-order valence-electron chi connectivity index (χ0n) is 9.11. The first-order valence-electron chi connectivity index (χ1n) is 5.62. The van der Waals surface area contributed by atoms with Crippen molar-refractivity contribution in [3.63, 3.8) is 0 Å². The predicted octanol–water partition coefficient (Wildman–Crippen LogP) is 2.94. The highest BCUT2D eigenvalue weighted by atomic mass is 15.2. The van der Waals surface area contributed by atoms with E-state index in [1.807, 2.05) is 18.2 Å². The van der Waals surface area contributed by atoms with Crippen LogP contribution in [0.4, 0.5) is 5.69 Å². The summed E-state index contributed by atoms with van der Waals surface area (Å²) in [6.07, 6.45) is 3.76. The largest absolute Gasteiger partial charge is 0.369 e. The van der Waals surface area contributed by atoms with Crippen LogP contribution in [0.15, 0.2) is 24.3 Å². The Morgan fingerprint density at radius 2 is 2.27 bits per heavy atom. The normalized spacial score (nSPS) is 14.7. The molecule has 2 nitrogen and oxygen atoms in total. The highest BCUT2D eigenvalue weighted by Crippen LogP contribution is 2.31. The molecule has 0 aromatic heterocycles. The molecule has 0 atom stereocenters. The van der Waals surface area contributed by atoms with Gasteiger partial charge in [-0.15, -0.1) is 0 Å². The van der Waals surface area contributed by atoms with Crippen molar-refractivity contribution in [3.05, 3.63) is 29.8 Å². The lowest BCUT2D eigenvalue weighted by Gasteiger charge is -2.24. The molecule has 0 unspecified atom stereocenters.